The van der Waals surface area contributed by atoms with E-state index in [1.165, 1.54) is 11.6 Å². The van der Waals surface area contributed by atoms with Gasteiger partial charge in [-0.1, -0.05) is 0 Å². The summed E-state index contributed by atoms with van der Waals surface area (Å²) in [6, 6.07) is 5.23. The summed E-state index contributed by atoms with van der Waals surface area (Å²) in [6.07, 6.45) is -2.41. The Morgan fingerprint density at radius 1 is 1.21 bits per heavy atom. The van der Waals surface area contributed by atoms with E-state index in [-0.39, 0.29) is 17.2 Å². The molecule has 10 heteroatoms. The molecule has 0 aliphatic carbocycles. The highest BCUT2D eigenvalue weighted by molar-refractivity contribution is 5.71. The van der Waals surface area contributed by atoms with Gasteiger partial charge in [0.15, 0.2) is 5.65 Å². The topological polar surface area (TPSA) is 78.6 Å². The Kier molecular flexibility index (Phi) is 4.81. The predicted molar refractivity (Wildman–Crippen MR) is 102 cm³/mol. The zero-order chi connectivity index (χ0) is 20.8. The fourth-order valence-electron chi connectivity index (χ4n) is 3.71. The molecule has 0 bridgehead atoms. The minimum Gasteiger partial charge on any atom is -0.507 e. The van der Waals surface area contributed by atoms with Crippen molar-refractivity contribution in [2.75, 3.05) is 25.5 Å². The summed E-state index contributed by atoms with van der Waals surface area (Å²) in [5, 5.41) is 22.2. The lowest BCUT2D eigenvalue weighted by molar-refractivity contribution is -0.137. The highest BCUT2D eigenvalue weighted by atomic mass is 19.4. The number of anilines is 1. The predicted octanol–water partition coefficient (Wildman–Crippen LogP) is 3.33. The van der Waals surface area contributed by atoms with E-state index in [9.17, 15) is 18.3 Å². The number of phenols is 1. The minimum absolute atomic E-state index is 0.235. The maximum absolute atomic E-state index is 13.0. The molecule has 29 heavy (non-hydrogen) atoms. The van der Waals surface area contributed by atoms with Crippen LogP contribution in [-0.2, 0) is 6.18 Å². The van der Waals surface area contributed by atoms with Gasteiger partial charge in [0.1, 0.15) is 5.75 Å². The normalized spacial score (nSPS) is 18.3. The summed E-state index contributed by atoms with van der Waals surface area (Å²) in [7, 11) is 2.07. The van der Waals surface area contributed by atoms with Crippen LogP contribution in [0.15, 0.2) is 24.3 Å². The van der Waals surface area contributed by atoms with Crippen LogP contribution < -0.4 is 5.32 Å². The molecule has 1 atom stereocenters. The standard InChI is InChI=1S/C19H21F3N6O/c1-11-8-12(19(20,21)22)9-15(29)17(11)14-5-6-16-24-18(26-28(16)25-14)23-13-4-3-7-27(2)10-13/h5-6,8-9,13,29H,3-4,7,10H2,1-2H3,(H,23,26). The van der Waals surface area contributed by atoms with Gasteiger partial charge in [-0.2, -0.15) is 18.2 Å². The fraction of sp³-hybridized carbons (Fsp3) is 0.421. The van der Waals surface area contributed by atoms with Crippen LogP contribution in [-0.4, -0.2) is 56.0 Å². The molecule has 0 spiro atoms. The summed E-state index contributed by atoms with van der Waals surface area (Å²) >= 11 is 0. The second-order valence-corrected chi connectivity index (χ2v) is 7.43. The first-order valence-corrected chi connectivity index (χ1v) is 9.31. The molecule has 3 aromatic rings. The Hall–Kier alpha value is -2.88. The van der Waals surface area contributed by atoms with E-state index >= 15 is 0 Å². The van der Waals surface area contributed by atoms with Gasteiger partial charge in [0, 0.05) is 18.2 Å². The van der Waals surface area contributed by atoms with E-state index < -0.39 is 17.5 Å². The number of nitrogens with zero attached hydrogens (tertiary/aromatic N) is 5. The number of likely N-dealkylation sites (N-methyl/N-ethyl adjacent to an activating group) is 1. The van der Waals surface area contributed by atoms with E-state index in [0.29, 0.717) is 23.4 Å². The van der Waals surface area contributed by atoms with Gasteiger partial charge in [-0.05, 0) is 63.2 Å². The van der Waals surface area contributed by atoms with Crippen molar-refractivity contribution >= 4 is 11.6 Å². The van der Waals surface area contributed by atoms with Crippen molar-refractivity contribution < 1.29 is 18.3 Å². The Morgan fingerprint density at radius 2 is 2.00 bits per heavy atom. The molecule has 1 aromatic carbocycles. The van der Waals surface area contributed by atoms with Crippen LogP contribution in [0.25, 0.3) is 16.9 Å². The molecule has 1 unspecified atom stereocenters. The van der Waals surface area contributed by atoms with Crippen molar-refractivity contribution in [1.82, 2.24) is 24.7 Å². The summed E-state index contributed by atoms with van der Waals surface area (Å²) in [4.78, 5) is 6.65. The van der Waals surface area contributed by atoms with E-state index in [1.54, 1.807) is 12.1 Å². The number of aromatic hydroxyl groups is 1. The van der Waals surface area contributed by atoms with Crippen molar-refractivity contribution in [3.63, 3.8) is 0 Å². The zero-order valence-electron chi connectivity index (χ0n) is 16.0. The average Bonchev–Trinajstić information content (AvgIpc) is 3.02. The van der Waals surface area contributed by atoms with Crippen LogP contribution in [0, 0.1) is 6.92 Å². The van der Waals surface area contributed by atoms with Crippen LogP contribution in [0.2, 0.25) is 0 Å². The molecular formula is C19H21F3N6O. The number of halogens is 3. The fourth-order valence-corrected chi connectivity index (χ4v) is 3.71. The molecule has 3 heterocycles. The first kappa shape index (κ1) is 19.4. The summed E-state index contributed by atoms with van der Waals surface area (Å²) < 4.78 is 40.2. The molecule has 2 N–H and O–H groups in total. The molecule has 0 amide bonds. The molecule has 1 fully saturated rings. The van der Waals surface area contributed by atoms with Gasteiger partial charge in [-0.3, -0.25) is 0 Å². The quantitative estimate of drug-likeness (QED) is 0.695. The van der Waals surface area contributed by atoms with E-state index in [1.807, 2.05) is 0 Å². The van der Waals surface area contributed by atoms with Crippen molar-refractivity contribution in [3.8, 4) is 17.0 Å². The number of hydrogen-bond acceptors (Lipinski definition) is 6. The first-order valence-electron chi connectivity index (χ1n) is 9.31. The summed E-state index contributed by atoms with van der Waals surface area (Å²) in [5.41, 5.74) is 0.424. The largest absolute Gasteiger partial charge is 0.507 e. The molecule has 0 saturated carbocycles. The molecule has 1 aliphatic heterocycles. The van der Waals surface area contributed by atoms with Gasteiger partial charge in [0.05, 0.1) is 11.3 Å². The lowest BCUT2D eigenvalue weighted by Crippen LogP contribution is -2.39. The lowest BCUT2D eigenvalue weighted by Gasteiger charge is -2.29. The Bertz CT molecular complexity index is 1030. The Morgan fingerprint density at radius 3 is 2.69 bits per heavy atom. The van der Waals surface area contributed by atoms with E-state index in [0.717, 1.165) is 32.0 Å². The number of aryl methyl sites for hydroxylation is 1. The van der Waals surface area contributed by atoms with E-state index in [4.69, 9.17) is 0 Å². The molecule has 7 nitrogen and oxygen atoms in total. The smallest absolute Gasteiger partial charge is 0.416 e. The molecular weight excluding hydrogens is 385 g/mol. The van der Waals surface area contributed by atoms with Gasteiger partial charge in [0.2, 0.25) is 5.95 Å². The molecule has 2 aromatic heterocycles. The third-order valence-electron chi connectivity index (χ3n) is 5.06. The Labute approximate surface area is 165 Å². The SMILES string of the molecule is Cc1cc(C(F)(F)F)cc(O)c1-c1ccc2nc(NC3CCCN(C)C3)nn2n1. The van der Waals surface area contributed by atoms with E-state index in [2.05, 4.69) is 32.4 Å². The number of likely N-dealkylation sites (tertiary alicyclic amines) is 1. The monoisotopic (exact) mass is 406 g/mol. The number of piperidine rings is 1. The van der Waals surface area contributed by atoms with Gasteiger partial charge < -0.3 is 15.3 Å². The van der Waals surface area contributed by atoms with Crippen molar-refractivity contribution in [2.45, 2.75) is 32.0 Å². The number of phenolic OH excluding ortho intramolecular Hbond substituents is 1. The van der Waals surface area contributed by atoms with Crippen LogP contribution >= 0.6 is 0 Å². The maximum Gasteiger partial charge on any atom is 0.416 e. The Balaban J connectivity index is 1.64. The highest BCUT2D eigenvalue weighted by Crippen LogP contribution is 2.38. The summed E-state index contributed by atoms with van der Waals surface area (Å²) in [6.45, 7) is 3.47. The molecule has 1 aliphatic rings. The number of alkyl halides is 3. The van der Waals surface area contributed by atoms with Crippen LogP contribution in [0.3, 0.4) is 0 Å². The van der Waals surface area contributed by atoms with Gasteiger partial charge >= 0.3 is 6.18 Å². The van der Waals surface area contributed by atoms with Crippen LogP contribution in [0.4, 0.5) is 19.1 Å². The number of nitrogens with one attached hydrogen (secondary N) is 1. The number of rotatable bonds is 3. The third kappa shape index (κ3) is 3.98. The van der Waals surface area contributed by atoms with Crippen molar-refractivity contribution in [1.29, 1.82) is 0 Å². The summed E-state index contributed by atoms with van der Waals surface area (Å²) in [5.74, 6) is -0.0313. The molecule has 154 valence electrons. The van der Waals surface area contributed by atoms with Crippen LogP contribution in [0.5, 0.6) is 5.75 Å². The molecule has 0 radical (unpaired) electrons. The number of benzene rings is 1. The van der Waals surface area contributed by atoms with Gasteiger partial charge in [-0.25, -0.2) is 0 Å². The van der Waals surface area contributed by atoms with Crippen LogP contribution in [0.1, 0.15) is 24.0 Å². The number of hydrogen-bond donors (Lipinski definition) is 2. The molecule has 1 saturated heterocycles. The van der Waals surface area contributed by atoms with Crippen molar-refractivity contribution in [2.24, 2.45) is 0 Å². The average molecular weight is 406 g/mol. The second-order valence-electron chi connectivity index (χ2n) is 7.43. The zero-order valence-corrected chi connectivity index (χ0v) is 16.0. The first-order chi connectivity index (χ1) is 13.7. The maximum atomic E-state index is 13.0. The number of aromatic nitrogens is 4. The number of fused-ring (bicyclic) bond motifs is 1. The van der Waals surface area contributed by atoms with Gasteiger partial charge in [-0.15, -0.1) is 14.8 Å². The third-order valence-corrected chi connectivity index (χ3v) is 5.06. The second kappa shape index (κ2) is 7.18. The molecule has 4 rings (SSSR count). The highest BCUT2D eigenvalue weighted by Gasteiger charge is 2.32. The minimum atomic E-state index is -4.53. The lowest BCUT2D eigenvalue weighted by atomic mass is 10.0. The van der Waals surface area contributed by atoms with Crippen molar-refractivity contribution in [3.05, 3.63) is 35.4 Å². The van der Waals surface area contributed by atoms with Gasteiger partial charge in [0.25, 0.3) is 0 Å².